The van der Waals surface area contributed by atoms with Crippen LogP contribution in [0.3, 0.4) is 0 Å². The fourth-order valence-electron chi connectivity index (χ4n) is 7.02. The van der Waals surface area contributed by atoms with Gasteiger partial charge >= 0.3 is 0 Å². The van der Waals surface area contributed by atoms with E-state index in [2.05, 4.69) is 25.2 Å². The van der Waals surface area contributed by atoms with E-state index in [9.17, 15) is 14.7 Å². The molecule has 7 atom stereocenters. The number of nitriles is 1. The number of amides is 2. The standard InChI is InChI=1S/C26H43N3O3/c1-17(25(32)29(4)16-8-15-27)20-11-13-26(3)14-12-21(18(2)22(26)23(20)30)28-24(31)19-9-6-5-7-10-19/h17-23,30H,5-14,16H2,1-4H3,(H,28,31)/t17-,18+,20?,21-,22+,23-,26-/m0/s1. The Morgan fingerprint density at radius 1 is 1.19 bits per heavy atom. The number of fused-ring (bicyclic) bond motifs is 1. The molecule has 0 saturated heterocycles. The van der Waals surface area contributed by atoms with E-state index >= 15 is 0 Å². The van der Waals surface area contributed by atoms with Crippen molar-refractivity contribution in [1.29, 1.82) is 5.26 Å². The molecule has 6 heteroatoms. The topological polar surface area (TPSA) is 93.4 Å². The molecule has 2 amide bonds. The predicted octanol–water partition coefficient (Wildman–Crippen LogP) is 3.88. The maximum atomic E-state index is 12.9. The minimum absolute atomic E-state index is 0.0125. The molecular weight excluding hydrogens is 402 g/mol. The molecule has 0 aromatic rings. The van der Waals surface area contributed by atoms with Gasteiger partial charge in [-0.15, -0.1) is 0 Å². The highest BCUT2D eigenvalue weighted by Crippen LogP contribution is 2.55. The van der Waals surface area contributed by atoms with Crippen molar-refractivity contribution in [3.8, 4) is 6.07 Å². The summed E-state index contributed by atoms with van der Waals surface area (Å²) in [6.07, 6.45) is 9.12. The van der Waals surface area contributed by atoms with E-state index in [1.165, 1.54) is 6.42 Å². The third-order valence-electron chi connectivity index (χ3n) is 9.16. The van der Waals surface area contributed by atoms with Crippen molar-refractivity contribution >= 4 is 11.8 Å². The Labute approximate surface area is 194 Å². The summed E-state index contributed by atoms with van der Waals surface area (Å²) in [4.78, 5) is 27.5. The SMILES string of the molecule is C[C@H]1[C@@H]2[C@@H](O)C([C@H](C)C(=O)N(C)CCC#N)CC[C@@]2(C)CC[C@@H]1NC(=O)C1CCCCC1. The minimum Gasteiger partial charge on any atom is -0.392 e. The van der Waals surface area contributed by atoms with Crippen LogP contribution < -0.4 is 5.32 Å². The molecule has 32 heavy (non-hydrogen) atoms. The van der Waals surface area contributed by atoms with E-state index in [0.717, 1.165) is 51.4 Å². The van der Waals surface area contributed by atoms with Crippen molar-refractivity contribution in [1.82, 2.24) is 10.2 Å². The van der Waals surface area contributed by atoms with Crippen LogP contribution in [0, 0.1) is 46.3 Å². The number of hydrogen-bond donors (Lipinski definition) is 2. The van der Waals surface area contributed by atoms with Gasteiger partial charge in [0.1, 0.15) is 0 Å². The summed E-state index contributed by atoms with van der Waals surface area (Å²) in [5, 5.41) is 23.7. The number of aliphatic hydroxyl groups is 1. The zero-order valence-electron chi connectivity index (χ0n) is 20.5. The zero-order chi connectivity index (χ0) is 23.5. The van der Waals surface area contributed by atoms with Gasteiger partial charge in [-0.3, -0.25) is 9.59 Å². The van der Waals surface area contributed by atoms with E-state index in [-0.39, 0.29) is 52.9 Å². The third kappa shape index (κ3) is 5.14. The first-order valence-electron chi connectivity index (χ1n) is 12.8. The smallest absolute Gasteiger partial charge is 0.225 e. The quantitative estimate of drug-likeness (QED) is 0.649. The molecule has 0 aliphatic heterocycles. The maximum Gasteiger partial charge on any atom is 0.225 e. The second-order valence-corrected chi connectivity index (χ2v) is 11.2. The molecule has 3 saturated carbocycles. The molecule has 0 aromatic heterocycles. The van der Waals surface area contributed by atoms with Gasteiger partial charge in [0.2, 0.25) is 11.8 Å². The zero-order valence-corrected chi connectivity index (χ0v) is 20.5. The van der Waals surface area contributed by atoms with Gasteiger partial charge in [0.25, 0.3) is 0 Å². The van der Waals surface area contributed by atoms with Crippen molar-refractivity contribution in [2.24, 2.45) is 35.0 Å². The van der Waals surface area contributed by atoms with Crippen molar-refractivity contribution in [2.45, 2.75) is 97.1 Å². The first kappa shape index (κ1) is 25.0. The normalized spacial score (nSPS) is 36.4. The average Bonchev–Trinajstić information content (AvgIpc) is 2.79. The average molecular weight is 446 g/mol. The van der Waals surface area contributed by atoms with Gasteiger partial charge in [0.15, 0.2) is 0 Å². The first-order valence-corrected chi connectivity index (χ1v) is 12.8. The summed E-state index contributed by atoms with van der Waals surface area (Å²) >= 11 is 0. The van der Waals surface area contributed by atoms with Crippen molar-refractivity contribution < 1.29 is 14.7 Å². The highest BCUT2D eigenvalue weighted by atomic mass is 16.3. The second-order valence-electron chi connectivity index (χ2n) is 11.2. The number of nitrogens with zero attached hydrogens (tertiary/aromatic N) is 2. The molecule has 0 spiro atoms. The fraction of sp³-hybridized carbons (Fsp3) is 0.885. The van der Waals surface area contributed by atoms with Gasteiger partial charge in [0, 0.05) is 31.5 Å². The van der Waals surface area contributed by atoms with Gasteiger partial charge in [-0.1, -0.05) is 40.0 Å². The summed E-state index contributed by atoms with van der Waals surface area (Å²) in [6.45, 7) is 6.83. The summed E-state index contributed by atoms with van der Waals surface area (Å²) in [5.74, 6) is 0.259. The molecule has 0 radical (unpaired) electrons. The highest BCUT2D eigenvalue weighted by molar-refractivity contribution is 5.79. The van der Waals surface area contributed by atoms with Gasteiger partial charge in [0.05, 0.1) is 18.6 Å². The van der Waals surface area contributed by atoms with E-state index in [1.54, 1.807) is 11.9 Å². The van der Waals surface area contributed by atoms with Gasteiger partial charge < -0.3 is 15.3 Å². The lowest BCUT2D eigenvalue weighted by molar-refractivity contribution is -0.150. The molecule has 3 fully saturated rings. The lowest BCUT2D eigenvalue weighted by Gasteiger charge is -2.56. The molecular formula is C26H43N3O3. The van der Waals surface area contributed by atoms with Gasteiger partial charge in [-0.25, -0.2) is 0 Å². The number of nitrogens with one attached hydrogen (secondary N) is 1. The highest BCUT2D eigenvalue weighted by Gasteiger charge is 2.54. The Kier molecular flexibility index (Phi) is 8.25. The Morgan fingerprint density at radius 3 is 2.50 bits per heavy atom. The molecule has 180 valence electrons. The number of carbonyl (C=O) groups excluding carboxylic acids is 2. The number of rotatable bonds is 6. The number of carbonyl (C=O) groups is 2. The summed E-state index contributed by atoms with van der Waals surface area (Å²) in [5.41, 5.74) is 0.0525. The molecule has 2 N–H and O–H groups in total. The third-order valence-corrected chi connectivity index (χ3v) is 9.16. The van der Waals surface area contributed by atoms with E-state index < -0.39 is 6.10 Å². The maximum absolute atomic E-state index is 12.9. The Morgan fingerprint density at radius 2 is 1.84 bits per heavy atom. The molecule has 3 rings (SSSR count). The molecule has 0 aromatic carbocycles. The van der Waals surface area contributed by atoms with Crippen LogP contribution in [0.15, 0.2) is 0 Å². The molecule has 3 aliphatic carbocycles. The molecule has 1 unspecified atom stereocenters. The van der Waals surface area contributed by atoms with Crippen LogP contribution in [0.5, 0.6) is 0 Å². The fourth-order valence-corrected chi connectivity index (χ4v) is 7.02. The second kappa shape index (κ2) is 10.5. The number of aliphatic hydroxyl groups excluding tert-OH is 1. The van der Waals surface area contributed by atoms with Crippen molar-refractivity contribution in [2.75, 3.05) is 13.6 Å². The van der Waals surface area contributed by atoms with Crippen LogP contribution in [0.4, 0.5) is 0 Å². The van der Waals surface area contributed by atoms with Gasteiger partial charge in [-0.2, -0.15) is 5.26 Å². The van der Waals surface area contributed by atoms with Crippen LogP contribution in [-0.4, -0.2) is 47.6 Å². The van der Waals surface area contributed by atoms with Gasteiger partial charge in [-0.05, 0) is 61.7 Å². The molecule has 0 heterocycles. The molecule has 3 aliphatic rings. The molecule has 0 bridgehead atoms. The van der Waals surface area contributed by atoms with Crippen LogP contribution in [0.1, 0.15) is 85.0 Å². The van der Waals surface area contributed by atoms with Crippen LogP contribution in [0.2, 0.25) is 0 Å². The predicted molar refractivity (Wildman–Crippen MR) is 124 cm³/mol. The van der Waals surface area contributed by atoms with Crippen LogP contribution in [0.25, 0.3) is 0 Å². The summed E-state index contributed by atoms with van der Waals surface area (Å²) < 4.78 is 0. The van der Waals surface area contributed by atoms with Crippen LogP contribution in [-0.2, 0) is 9.59 Å². The Bertz CT molecular complexity index is 714. The Balaban J connectivity index is 1.68. The molecule has 6 nitrogen and oxygen atoms in total. The largest absolute Gasteiger partial charge is 0.392 e. The number of hydrogen-bond acceptors (Lipinski definition) is 4. The van der Waals surface area contributed by atoms with Crippen molar-refractivity contribution in [3.63, 3.8) is 0 Å². The van der Waals surface area contributed by atoms with Crippen LogP contribution >= 0.6 is 0 Å². The lowest BCUT2D eigenvalue weighted by atomic mass is 9.51. The van der Waals surface area contributed by atoms with E-state index in [0.29, 0.717) is 13.0 Å². The van der Waals surface area contributed by atoms with Crippen molar-refractivity contribution in [3.05, 3.63) is 0 Å². The minimum atomic E-state index is -0.554. The lowest BCUT2D eigenvalue weighted by Crippen LogP contribution is -2.59. The first-order chi connectivity index (χ1) is 15.2. The van der Waals surface area contributed by atoms with E-state index in [1.807, 2.05) is 6.92 Å². The Hall–Kier alpha value is -1.61. The monoisotopic (exact) mass is 445 g/mol. The van der Waals surface area contributed by atoms with E-state index in [4.69, 9.17) is 5.26 Å². The summed E-state index contributed by atoms with van der Waals surface area (Å²) in [6, 6.07) is 2.19. The summed E-state index contributed by atoms with van der Waals surface area (Å²) in [7, 11) is 1.75.